The van der Waals surface area contributed by atoms with E-state index in [4.69, 9.17) is 11.6 Å². The van der Waals surface area contributed by atoms with Gasteiger partial charge in [-0.25, -0.2) is 4.79 Å². The third-order valence-corrected chi connectivity index (χ3v) is 5.05. The van der Waals surface area contributed by atoms with Gasteiger partial charge in [0.1, 0.15) is 0 Å². The van der Waals surface area contributed by atoms with E-state index in [1.807, 2.05) is 24.3 Å². The summed E-state index contributed by atoms with van der Waals surface area (Å²) in [5.74, 6) is -0.261. The summed E-state index contributed by atoms with van der Waals surface area (Å²) >= 11 is 6.15. The second-order valence-electron chi connectivity index (χ2n) is 6.14. The van der Waals surface area contributed by atoms with E-state index in [2.05, 4.69) is 23.5 Å². The molecule has 0 amide bonds. The van der Waals surface area contributed by atoms with Crippen LogP contribution in [0.1, 0.15) is 39.9 Å². The topological polar surface area (TPSA) is 49.3 Å². The lowest BCUT2D eigenvalue weighted by atomic mass is 9.76. The van der Waals surface area contributed by atoms with Gasteiger partial charge in [-0.2, -0.15) is 0 Å². The Morgan fingerprint density at radius 2 is 2.09 bits per heavy atom. The first-order valence-electron chi connectivity index (χ1n) is 7.69. The first kappa shape index (κ1) is 14.3. The molecule has 1 aliphatic carbocycles. The molecular formula is C19H16ClNO2. The molecule has 3 atom stereocenters. The maximum atomic E-state index is 11.2. The number of aromatic carboxylic acids is 1. The fraction of sp³-hybridized carbons (Fsp3) is 0.211. The zero-order valence-electron chi connectivity index (χ0n) is 12.4. The number of hydrogen-bond donors (Lipinski definition) is 2. The number of carbonyl (C=O) groups is 1. The average Bonchev–Trinajstić information content (AvgIpc) is 3.03. The number of benzene rings is 2. The van der Waals surface area contributed by atoms with Crippen LogP contribution >= 0.6 is 11.6 Å². The number of halogens is 1. The van der Waals surface area contributed by atoms with Gasteiger partial charge in [-0.15, -0.1) is 0 Å². The van der Waals surface area contributed by atoms with Gasteiger partial charge in [-0.1, -0.05) is 35.9 Å². The molecule has 3 nitrogen and oxygen atoms in total. The summed E-state index contributed by atoms with van der Waals surface area (Å²) in [5, 5.41) is 13.6. The van der Waals surface area contributed by atoms with Gasteiger partial charge < -0.3 is 10.4 Å². The molecule has 0 spiro atoms. The highest BCUT2D eigenvalue weighted by Gasteiger charge is 2.38. The molecule has 0 unspecified atom stereocenters. The highest BCUT2D eigenvalue weighted by molar-refractivity contribution is 6.30. The molecule has 1 aliphatic heterocycles. The highest BCUT2D eigenvalue weighted by Crippen LogP contribution is 2.50. The number of nitrogens with one attached hydrogen (secondary N) is 1. The van der Waals surface area contributed by atoms with Gasteiger partial charge in [0.25, 0.3) is 0 Å². The van der Waals surface area contributed by atoms with Crippen molar-refractivity contribution >= 4 is 23.3 Å². The van der Waals surface area contributed by atoms with Crippen LogP contribution in [-0.4, -0.2) is 11.1 Å². The van der Waals surface area contributed by atoms with Gasteiger partial charge in [-0.05, 0) is 53.8 Å². The molecule has 4 rings (SSSR count). The molecule has 4 heteroatoms. The fourth-order valence-corrected chi connectivity index (χ4v) is 3.96. The average molecular weight is 326 g/mol. The molecule has 2 aromatic carbocycles. The maximum Gasteiger partial charge on any atom is 0.335 e. The smallest absolute Gasteiger partial charge is 0.335 e. The molecule has 1 heterocycles. The Labute approximate surface area is 139 Å². The second-order valence-corrected chi connectivity index (χ2v) is 6.57. The van der Waals surface area contributed by atoms with E-state index in [1.165, 1.54) is 5.56 Å². The SMILES string of the molecule is O=C(O)c1ccc2c(c1)[C@H]1C=CC[C@H]1[C@@H](c1cccc(Cl)c1)N2. The minimum Gasteiger partial charge on any atom is -0.478 e. The minimum atomic E-state index is -0.886. The molecule has 0 bridgehead atoms. The summed E-state index contributed by atoms with van der Waals surface area (Å²) in [6, 6.07) is 13.5. The summed E-state index contributed by atoms with van der Waals surface area (Å²) in [5.41, 5.74) is 3.59. The molecule has 0 saturated heterocycles. The minimum absolute atomic E-state index is 0.178. The Kier molecular flexibility index (Phi) is 3.38. The zero-order chi connectivity index (χ0) is 16.0. The lowest BCUT2D eigenvalue weighted by Crippen LogP contribution is -2.29. The van der Waals surface area contributed by atoms with Gasteiger partial charge in [0.05, 0.1) is 11.6 Å². The number of anilines is 1. The Bertz CT molecular complexity index is 815. The maximum absolute atomic E-state index is 11.2. The quantitative estimate of drug-likeness (QED) is 0.775. The molecule has 2 N–H and O–H groups in total. The van der Waals surface area contributed by atoms with Crippen LogP contribution in [0.3, 0.4) is 0 Å². The molecule has 2 aliphatic rings. The Hall–Kier alpha value is -2.26. The molecule has 116 valence electrons. The van der Waals surface area contributed by atoms with Crippen LogP contribution in [0, 0.1) is 5.92 Å². The molecule has 0 saturated carbocycles. The predicted octanol–water partition coefficient (Wildman–Crippen LogP) is 4.86. The van der Waals surface area contributed by atoms with Gasteiger partial charge >= 0.3 is 5.97 Å². The summed E-state index contributed by atoms with van der Waals surface area (Å²) < 4.78 is 0. The van der Waals surface area contributed by atoms with E-state index in [0.717, 1.165) is 22.7 Å². The van der Waals surface area contributed by atoms with Crippen LogP contribution < -0.4 is 5.32 Å². The second kappa shape index (κ2) is 5.43. The van der Waals surface area contributed by atoms with E-state index in [-0.39, 0.29) is 12.0 Å². The number of fused-ring (bicyclic) bond motifs is 3. The van der Waals surface area contributed by atoms with Gasteiger partial charge in [0.15, 0.2) is 0 Å². The Morgan fingerprint density at radius 1 is 1.22 bits per heavy atom. The van der Waals surface area contributed by atoms with Crippen molar-refractivity contribution in [2.24, 2.45) is 5.92 Å². The van der Waals surface area contributed by atoms with Crippen LogP contribution in [0.15, 0.2) is 54.6 Å². The van der Waals surface area contributed by atoms with Crippen LogP contribution in [0.25, 0.3) is 0 Å². The van der Waals surface area contributed by atoms with E-state index >= 15 is 0 Å². The molecule has 23 heavy (non-hydrogen) atoms. The van der Waals surface area contributed by atoms with Crippen LogP contribution in [0.4, 0.5) is 5.69 Å². The third-order valence-electron chi connectivity index (χ3n) is 4.82. The van der Waals surface area contributed by atoms with Crippen molar-refractivity contribution in [1.82, 2.24) is 0 Å². The van der Waals surface area contributed by atoms with E-state index in [1.54, 1.807) is 12.1 Å². The monoisotopic (exact) mass is 325 g/mol. The summed E-state index contributed by atoms with van der Waals surface area (Å²) in [4.78, 5) is 11.2. The number of rotatable bonds is 2. The van der Waals surface area contributed by atoms with Crippen molar-refractivity contribution in [1.29, 1.82) is 0 Å². The molecule has 0 fully saturated rings. The lowest BCUT2D eigenvalue weighted by molar-refractivity contribution is 0.0696. The summed E-state index contributed by atoms with van der Waals surface area (Å²) in [7, 11) is 0. The van der Waals surface area contributed by atoms with Crippen LogP contribution in [0.5, 0.6) is 0 Å². The van der Waals surface area contributed by atoms with Crippen molar-refractivity contribution in [2.45, 2.75) is 18.4 Å². The van der Waals surface area contributed by atoms with Gasteiger partial charge in [0.2, 0.25) is 0 Å². The van der Waals surface area contributed by atoms with Crippen LogP contribution in [0.2, 0.25) is 5.02 Å². The fourth-order valence-electron chi connectivity index (χ4n) is 3.76. The largest absolute Gasteiger partial charge is 0.478 e. The Morgan fingerprint density at radius 3 is 2.87 bits per heavy atom. The normalized spacial score (nSPS) is 24.7. The third kappa shape index (κ3) is 2.41. The van der Waals surface area contributed by atoms with Crippen molar-refractivity contribution < 1.29 is 9.90 Å². The summed E-state index contributed by atoms with van der Waals surface area (Å²) in [6.45, 7) is 0. The number of hydrogen-bond acceptors (Lipinski definition) is 2. The first-order chi connectivity index (χ1) is 11.1. The van der Waals surface area contributed by atoms with Crippen LogP contribution in [-0.2, 0) is 0 Å². The first-order valence-corrected chi connectivity index (χ1v) is 8.07. The van der Waals surface area contributed by atoms with E-state index in [0.29, 0.717) is 11.5 Å². The van der Waals surface area contributed by atoms with Crippen molar-refractivity contribution in [3.05, 3.63) is 76.3 Å². The van der Waals surface area contributed by atoms with E-state index in [9.17, 15) is 9.90 Å². The lowest BCUT2D eigenvalue weighted by Gasteiger charge is -2.37. The van der Waals surface area contributed by atoms with Crippen molar-refractivity contribution in [3.8, 4) is 0 Å². The van der Waals surface area contributed by atoms with Crippen molar-refractivity contribution in [3.63, 3.8) is 0 Å². The highest BCUT2D eigenvalue weighted by atomic mass is 35.5. The molecule has 2 aromatic rings. The number of allylic oxidation sites excluding steroid dienone is 2. The van der Waals surface area contributed by atoms with Gasteiger partial charge in [0, 0.05) is 16.6 Å². The van der Waals surface area contributed by atoms with Gasteiger partial charge in [-0.3, -0.25) is 0 Å². The molecule has 0 radical (unpaired) electrons. The molecule has 0 aromatic heterocycles. The van der Waals surface area contributed by atoms with E-state index < -0.39 is 5.97 Å². The molecular weight excluding hydrogens is 310 g/mol. The Balaban J connectivity index is 1.79. The van der Waals surface area contributed by atoms with Crippen molar-refractivity contribution in [2.75, 3.05) is 5.32 Å². The zero-order valence-corrected chi connectivity index (χ0v) is 13.1. The standard InChI is InChI=1S/C19H16ClNO2/c20-13-4-1-3-11(9-13)18-15-6-2-5-14(15)16-10-12(19(22)23)7-8-17(16)21-18/h1-5,7-10,14-15,18,21H,6H2,(H,22,23)/t14-,15+,18+/m0/s1. The number of carboxylic acid groups (broad SMARTS) is 1. The number of carboxylic acids is 1. The summed E-state index contributed by atoms with van der Waals surface area (Å²) in [6.07, 6.45) is 5.37. The predicted molar refractivity (Wildman–Crippen MR) is 91.2 cm³/mol.